The zero-order valence-electron chi connectivity index (χ0n) is 13.1. The van der Waals surface area contributed by atoms with Crippen LogP contribution in [0.15, 0.2) is 69.9 Å². The topological polar surface area (TPSA) is 30.2 Å². The normalized spacial score (nSPS) is 12.0. The van der Waals surface area contributed by atoms with E-state index in [0.29, 0.717) is 16.8 Å². The van der Waals surface area contributed by atoms with E-state index in [4.69, 9.17) is 4.42 Å². The second-order valence-electron chi connectivity index (χ2n) is 5.83. The van der Waals surface area contributed by atoms with Crippen molar-refractivity contribution in [1.82, 2.24) is 0 Å². The van der Waals surface area contributed by atoms with Crippen molar-refractivity contribution in [2.75, 3.05) is 0 Å². The maximum Gasteiger partial charge on any atom is 0.416 e. The molecule has 0 saturated heterocycles. The minimum Gasteiger partial charge on any atom is -0.455 e. The van der Waals surface area contributed by atoms with Crippen molar-refractivity contribution < 1.29 is 22.0 Å². The molecular weight excluding hydrogens is 348 g/mol. The van der Waals surface area contributed by atoms with E-state index in [1.165, 1.54) is 0 Å². The maximum atomic E-state index is 14.2. The van der Waals surface area contributed by atoms with Crippen LogP contribution in [0.1, 0.15) is 5.56 Å². The first-order valence-electron chi connectivity index (χ1n) is 7.67. The van der Waals surface area contributed by atoms with Gasteiger partial charge in [0.05, 0.1) is 16.5 Å². The third kappa shape index (κ3) is 2.63. The van der Waals surface area contributed by atoms with Crippen LogP contribution in [-0.2, 0) is 6.18 Å². The molecule has 0 spiro atoms. The average Bonchev–Trinajstić information content (AvgIpc) is 2.60. The van der Waals surface area contributed by atoms with Gasteiger partial charge in [-0.05, 0) is 29.7 Å². The summed E-state index contributed by atoms with van der Waals surface area (Å²) in [6.07, 6.45) is -4.65. The molecule has 1 heterocycles. The summed E-state index contributed by atoms with van der Waals surface area (Å²) >= 11 is 0. The van der Waals surface area contributed by atoms with Gasteiger partial charge in [-0.2, -0.15) is 13.2 Å². The lowest BCUT2D eigenvalue weighted by Gasteiger charge is -2.10. The number of hydrogen-bond acceptors (Lipinski definition) is 2. The summed E-state index contributed by atoms with van der Waals surface area (Å²) in [6.45, 7) is 0. The molecule has 1 aromatic heterocycles. The van der Waals surface area contributed by atoms with Crippen molar-refractivity contribution in [2.24, 2.45) is 0 Å². The highest BCUT2D eigenvalue weighted by atomic mass is 19.4. The quantitative estimate of drug-likeness (QED) is 0.319. The van der Waals surface area contributed by atoms with Gasteiger partial charge in [-0.3, -0.25) is 4.79 Å². The fourth-order valence-electron chi connectivity index (χ4n) is 2.91. The number of halogens is 4. The molecule has 26 heavy (non-hydrogen) atoms. The van der Waals surface area contributed by atoms with E-state index in [-0.39, 0.29) is 16.9 Å². The molecule has 0 radical (unpaired) electrons. The van der Waals surface area contributed by atoms with Gasteiger partial charge < -0.3 is 4.42 Å². The smallest absolute Gasteiger partial charge is 0.416 e. The molecule has 2 nitrogen and oxygen atoms in total. The molecule has 3 aromatic carbocycles. The fraction of sp³-hybridized carbons (Fsp3) is 0.0500. The first-order valence-corrected chi connectivity index (χ1v) is 7.67. The van der Waals surface area contributed by atoms with E-state index < -0.39 is 23.0 Å². The van der Waals surface area contributed by atoms with Crippen molar-refractivity contribution in [3.8, 4) is 11.3 Å². The van der Waals surface area contributed by atoms with Crippen LogP contribution in [0.2, 0.25) is 0 Å². The van der Waals surface area contributed by atoms with E-state index in [0.717, 1.165) is 23.6 Å². The number of alkyl halides is 3. The Balaban J connectivity index is 1.98. The number of hydrogen-bond donors (Lipinski definition) is 0. The Bertz CT molecular complexity index is 1210. The molecule has 0 unspecified atom stereocenters. The first kappa shape index (κ1) is 16.3. The monoisotopic (exact) mass is 358 g/mol. The van der Waals surface area contributed by atoms with Crippen LogP contribution >= 0.6 is 0 Å². The molecular formula is C20H10F4O2. The minimum atomic E-state index is -4.65. The molecule has 6 heteroatoms. The standard InChI is InChI=1S/C20H10F4O2/c21-16-9-12(20(22,23)24)6-8-14(16)18-10-17(25)15-7-5-11-3-1-2-4-13(11)19(15)26-18/h1-10H. The van der Waals surface area contributed by atoms with E-state index in [2.05, 4.69) is 0 Å². The number of rotatable bonds is 1. The summed E-state index contributed by atoms with van der Waals surface area (Å²) in [5.74, 6) is -1.23. The van der Waals surface area contributed by atoms with Gasteiger partial charge in [0, 0.05) is 11.5 Å². The third-order valence-electron chi connectivity index (χ3n) is 4.18. The van der Waals surface area contributed by atoms with Crippen LogP contribution in [0.4, 0.5) is 17.6 Å². The van der Waals surface area contributed by atoms with Crippen molar-refractivity contribution in [3.63, 3.8) is 0 Å². The summed E-state index contributed by atoms with van der Waals surface area (Å²) in [6, 6.07) is 13.8. The van der Waals surface area contributed by atoms with Crippen molar-refractivity contribution in [2.45, 2.75) is 6.18 Å². The maximum absolute atomic E-state index is 14.2. The van der Waals surface area contributed by atoms with E-state index in [1.807, 2.05) is 12.1 Å². The Morgan fingerprint density at radius 3 is 2.35 bits per heavy atom. The van der Waals surface area contributed by atoms with Crippen LogP contribution in [0.25, 0.3) is 33.1 Å². The molecule has 0 fully saturated rings. The van der Waals surface area contributed by atoms with Gasteiger partial charge in [0.15, 0.2) is 5.43 Å². The second-order valence-corrected chi connectivity index (χ2v) is 5.83. The molecule has 4 rings (SSSR count). The highest BCUT2D eigenvalue weighted by Gasteiger charge is 2.31. The Kier molecular flexibility index (Phi) is 3.57. The van der Waals surface area contributed by atoms with Gasteiger partial charge in [0.25, 0.3) is 0 Å². The fourth-order valence-corrected chi connectivity index (χ4v) is 2.91. The second kappa shape index (κ2) is 5.69. The van der Waals surface area contributed by atoms with E-state index in [9.17, 15) is 22.4 Å². The van der Waals surface area contributed by atoms with Crippen LogP contribution < -0.4 is 5.43 Å². The minimum absolute atomic E-state index is 0.120. The molecule has 130 valence electrons. The average molecular weight is 358 g/mol. The molecule has 0 amide bonds. The van der Waals surface area contributed by atoms with Gasteiger partial charge in [0.1, 0.15) is 17.2 Å². The summed E-state index contributed by atoms with van der Waals surface area (Å²) in [7, 11) is 0. The lowest BCUT2D eigenvalue weighted by Crippen LogP contribution is -2.06. The Morgan fingerprint density at radius 2 is 1.62 bits per heavy atom. The molecule has 0 aliphatic carbocycles. The zero-order chi connectivity index (χ0) is 18.5. The predicted octanol–water partition coefficient (Wildman–Crippen LogP) is 5.77. The molecule has 0 N–H and O–H groups in total. The van der Waals surface area contributed by atoms with Crippen LogP contribution in [0.3, 0.4) is 0 Å². The molecule has 0 bridgehead atoms. The van der Waals surface area contributed by atoms with Crippen molar-refractivity contribution in [3.05, 3.63) is 82.3 Å². The third-order valence-corrected chi connectivity index (χ3v) is 4.18. The van der Waals surface area contributed by atoms with Crippen LogP contribution in [0, 0.1) is 5.82 Å². The van der Waals surface area contributed by atoms with Gasteiger partial charge in [-0.1, -0.05) is 30.3 Å². The lowest BCUT2D eigenvalue weighted by atomic mass is 10.0. The SMILES string of the molecule is O=c1cc(-c2ccc(C(F)(F)F)cc2F)oc2c1ccc1ccccc12. The lowest BCUT2D eigenvalue weighted by molar-refractivity contribution is -0.137. The van der Waals surface area contributed by atoms with Gasteiger partial charge in [-0.25, -0.2) is 4.39 Å². The zero-order valence-corrected chi connectivity index (χ0v) is 13.1. The highest BCUT2D eigenvalue weighted by Crippen LogP contribution is 2.34. The summed E-state index contributed by atoms with van der Waals surface area (Å²) in [5, 5.41) is 1.81. The molecule has 0 aliphatic rings. The first-order chi connectivity index (χ1) is 12.3. The molecule has 4 aromatic rings. The summed E-state index contributed by atoms with van der Waals surface area (Å²) in [4.78, 5) is 12.4. The molecule has 0 aliphatic heterocycles. The van der Waals surface area contributed by atoms with Gasteiger partial charge in [0.2, 0.25) is 0 Å². The van der Waals surface area contributed by atoms with Crippen molar-refractivity contribution >= 4 is 21.7 Å². The van der Waals surface area contributed by atoms with Crippen LogP contribution in [-0.4, -0.2) is 0 Å². The Hall–Kier alpha value is -3.15. The van der Waals surface area contributed by atoms with Gasteiger partial charge in [-0.15, -0.1) is 0 Å². The van der Waals surface area contributed by atoms with Crippen molar-refractivity contribution in [1.29, 1.82) is 0 Å². The Morgan fingerprint density at radius 1 is 0.846 bits per heavy atom. The van der Waals surface area contributed by atoms with E-state index >= 15 is 0 Å². The largest absolute Gasteiger partial charge is 0.455 e. The number of fused-ring (bicyclic) bond motifs is 3. The summed E-state index contributed by atoms with van der Waals surface area (Å²) < 4.78 is 58.1. The number of benzene rings is 3. The molecule has 0 atom stereocenters. The summed E-state index contributed by atoms with van der Waals surface area (Å²) in [5.41, 5.74) is -1.44. The van der Waals surface area contributed by atoms with Crippen LogP contribution in [0.5, 0.6) is 0 Å². The predicted molar refractivity (Wildman–Crippen MR) is 90.4 cm³/mol. The highest BCUT2D eigenvalue weighted by molar-refractivity contribution is 6.04. The molecule has 0 saturated carbocycles. The van der Waals surface area contributed by atoms with E-state index in [1.54, 1.807) is 24.3 Å². The Labute approximate surface area is 144 Å². The van der Waals surface area contributed by atoms with Gasteiger partial charge >= 0.3 is 6.18 Å².